The molecule has 6 rings (SSSR count). The summed E-state index contributed by atoms with van der Waals surface area (Å²) in [6.45, 7) is 6.41. The first kappa shape index (κ1) is 35.1. The van der Waals surface area contributed by atoms with Gasteiger partial charge in [-0.15, -0.1) is 0 Å². The van der Waals surface area contributed by atoms with E-state index in [2.05, 4.69) is 40.8 Å². The second kappa shape index (κ2) is 14.5. The quantitative estimate of drug-likeness (QED) is 0.179. The predicted octanol–water partition coefficient (Wildman–Crippen LogP) is 6.50. The minimum Gasteiger partial charge on any atom is -0.390 e. The van der Waals surface area contributed by atoms with Crippen molar-refractivity contribution in [2.45, 2.75) is 116 Å². The lowest BCUT2D eigenvalue weighted by Gasteiger charge is -2.29. The van der Waals surface area contributed by atoms with Crippen LogP contribution in [-0.4, -0.2) is 68.5 Å². The van der Waals surface area contributed by atoms with Gasteiger partial charge in [0.25, 0.3) is 11.9 Å². The number of anilines is 2. The van der Waals surface area contributed by atoms with Crippen molar-refractivity contribution in [3.05, 3.63) is 58.4 Å². The Balaban J connectivity index is 0.000000188. The van der Waals surface area contributed by atoms with Crippen molar-refractivity contribution in [2.24, 2.45) is 0 Å². The summed E-state index contributed by atoms with van der Waals surface area (Å²) in [7, 11) is 0. The van der Waals surface area contributed by atoms with Crippen molar-refractivity contribution in [2.75, 3.05) is 10.6 Å². The molecule has 4 heterocycles. The van der Waals surface area contributed by atoms with E-state index >= 15 is 0 Å². The van der Waals surface area contributed by atoms with Crippen LogP contribution in [0.3, 0.4) is 0 Å². The molecule has 0 spiro atoms. The summed E-state index contributed by atoms with van der Waals surface area (Å²) in [5.41, 5.74) is 3.90. The van der Waals surface area contributed by atoms with E-state index < -0.39 is 18.5 Å². The number of nitrogens with zero attached hydrogens (tertiary/aromatic N) is 8. The minimum atomic E-state index is -2.66. The lowest BCUT2D eigenvalue weighted by molar-refractivity contribution is -0.0380. The van der Waals surface area contributed by atoms with E-state index in [1.807, 2.05) is 39.8 Å². The number of nitrogens with one attached hydrogen (secondary N) is 2. The van der Waals surface area contributed by atoms with E-state index in [4.69, 9.17) is 0 Å². The number of halogens is 5. The van der Waals surface area contributed by atoms with Gasteiger partial charge in [-0.2, -0.15) is 20.2 Å². The van der Waals surface area contributed by atoms with Gasteiger partial charge < -0.3 is 15.7 Å². The van der Waals surface area contributed by atoms with Crippen molar-refractivity contribution in [3.8, 4) is 11.9 Å². The molecule has 0 aromatic carbocycles. The molecule has 0 amide bonds. The molecule has 11 nitrogen and oxygen atoms in total. The van der Waals surface area contributed by atoms with Crippen LogP contribution in [-0.2, 0) is 13.3 Å². The molecule has 260 valence electrons. The number of aliphatic hydroxyl groups is 1. The van der Waals surface area contributed by atoms with Crippen molar-refractivity contribution in [1.29, 1.82) is 0 Å². The second-order valence-corrected chi connectivity index (χ2v) is 12.6. The highest BCUT2D eigenvalue weighted by Gasteiger charge is 2.37. The number of alkyl halides is 5. The minimum absolute atomic E-state index is 0.0617. The summed E-state index contributed by atoms with van der Waals surface area (Å²) < 4.78 is 70.5. The van der Waals surface area contributed by atoms with Crippen molar-refractivity contribution < 1.29 is 27.1 Å². The number of rotatable bonds is 8. The fourth-order valence-corrected chi connectivity index (χ4v) is 6.12. The van der Waals surface area contributed by atoms with Gasteiger partial charge in [-0.25, -0.2) is 41.3 Å². The average Bonchev–Trinajstić information content (AvgIpc) is 3.54. The molecule has 2 saturated carbocycles. The van der Waals surface area contributed by atoms with E-state index in [1.165, 1.54) is 10.7 Å². The molecule has 2 atom stereocenters. The molecule has 0 radical (unpaired) electrons. The molecule has 2 fully saturated rings. The zero-order valence-corrected chi connectivity index (χ0v) is 27.4. The Labute approximate surface area is 275 Å². The number of aliphatic hydroxyl groups excluding tert-OH is 1. The van der Waals surface area contributed by atoms with Crippen molar-refractivity contribution >= 4 is 11.6 Å². The third kappa shape index (κ3) is 9.02. The van der Waals surface area contributed by atoms with Gasteiger partial charge in [0.15, 0.2) is 0 Å². The summed E-state index contributed by atoms with van der Waals surface area (Å²) in [6, 6.07) is 6.07. The Kier molecular flexibility index (Phi) is 10.6. The lowest BCUT2D eigenvalue weighted by Crippen LogP contribution is -2.34. The van der Waals surface area contributed by atoms with Crippen LogP contribution in [0.25, 0.3) is 11.9 Å². The maximum Gasteiger partial charge on any atom is 0.253 e. The van der Waals surface area contributed by atoms with Gasteiger partial charge >= 0.3 is 0 Å². The third-order valence-electron chi connectivity index (χ3n) is 8.22. The number of aryl methyl sites for hydroxylation is 4. The molecule has 3 N–H and O–H groups in total. The van der Waals surface area contributed by atoms with Crippen molar-refractivity contribution in [3.63, 3.8) is 0 Å². The van der Waals surface area contributed by atoms with Crippen LogP contribution in [0.2, 0.25) is 0 Å². The first-order valence-electron chi connectivity index (χ1n) is 16.0. The van der Waals surface area contributed by atoms with Crippen LogP contribution in [0.15, 0.2) is 24.3 Å². The molecule has 48 heavy (non-hydrogen) atoms. The SMILES string of the molecule is Cc1cc(C)n(-c2nc(CF)cc(NC3CCCC(F)(F)C3)n2)n1.Cc1cc(C)n(-c2nc(CO)cc(NC3CCCC(F)(F)C3)n2)n1. The van der Waals surface area contributed by atoms with E-state index in [0.29, 0.717) is 49.0 Å². The highest BCUT2D eigenvalue weighted by molar-refractivity contribution is 5.41. The van der Waals surface area contributed by atoms with Crippen LogP contribution in [0.1, 0.15) is 85.5 Å². The van der Waals surface area contributed by atoms with Crippen LogP contribution >= 0.6 is 0 Å². The third-order valence-corrected chi connectivity index (χ3v) is 8.22. The van der Waals surface area contributed by atoms with Gasteiger partial charge in [0.05, 0.1) is 29.4 Å². The van der Waals surface area contributed by atoms with E-state index in [1.54, 1.807) is 10.7 Å². The molecule has 4 aromatic heterocycles. The van der Waals surface area contributed by atoms with Crippen LogP contribution < -0.4 is 10.6 Å². The molecular weight excluding hydrogens is 635 g/mol. The summed E-state index contributed by atoms with van der Waals surface area (Å²) in [5, 5.41) is 24.1. The maximum absolute atomic E-state index is 13.6. The lowest BCUT2D eigenvalue weighted by atomic mass is 9.92. The van der Waals surface area contributed by atoms with Gasteiger partial charge in [0, 0.05) is 61.3 Å². The molecule has 2 aliphatic carbocycles. The smallest absolute Gasteiger partial charge is 0.253 e. The van der Waals surface area contributed by atoms with E-state index in [9.17, 15) is 27.1 Å². The first-order valence-corrected chi connectivity index (χ1v) is 16.0. The maximum atomic E-state index is 13.6. The molecule has 0 bridgehead atoms. The molecule has 0 saturated heterocycles. The zero-order chi connectivity index (χ0) is 34.6. The summed E-state index contributed by atoms with van der Waals surface area (Å²) in [5.74, 6) is -3.97. The van der Waals surface area contributed by atoms with Crippen LogP contribution in [0.4, 0.5) is 33.6 Å². The van der Waals surface area contributed by atoms with Crippen LogP contribution in [0, 0.1) is 27.7 Å². The van der Waals surface area contributed by atoms with Gasteiger partial charge in [-0.3, -0.25) is 0 Å². The summed E-state index contributed by atoms with van der Waals surface area (Å²) in [4.78, 5) is 17.1. The largest absolute Gasteiger partial charge is 0.390 e. The van der Waals surface area contributed by atoms with E-state index in [-0.39, 0.29) is 56.0 Å². The molecule has 2 unspecified atom stereocenters. The van der Waals surface area contributed by atoms with Crippen molar-refractivity contribution in [1.82, 2.24) is 39.5 Å². The summed E-state index contributed by atoms with van der Waals surface area (Å²) >= 11 is 0. The molecular formula is C32H41F5N10O. The molecule has 0 aliphatic heterocycles. The topological polar surface area (TPSA) is 131 Å². The molecule has 16 heteroatoms. The fourth-order valence-electron chi connectivity index (χ4n) is 6.12. The Morgan fingerprint density at radius 3 is 1.52 bits per heavy atom. The fraction of sp³-hybridized carbons (Fsp3) is 0.562. The Morgan fingerprint density at radius 2 is 1.15 bits per heavy atom. The standard InChI is InChI=1S/C16H20F3N5.C16H21F2N5O/c1-10-6-11(2)24(23-10)15-21-13(9-17)7-14(22-15)20-12-4-3-5-16(18,19)8-12;1-10-6-11(2)23(22-10)15-20-13(9-24)7-14(21-15)19-12-4-3-5-16(17,18)8-12/h6-7,12H,3-5,8-9H2,1-2H3,(H,20,21,22);6-7,12,24H,3-5,8-9H2,1-2H3,(H,19,20,21). The highest BCUT2D eigenvalue weighted by Crippen LogP contribution is 2.35. The molecule has 4 aromatic rings. The van der Waals surface area contributed by atoms with Gasteiger partial charge in [0.2, 0.25) is 11.8 Å². The Bertz CT molecular complexity index is 1580. The van der Waals surface area contributed by atoms with E-state index in [0.717, 1.165) is 22.8 Å². The van der Waals surface area contributed by atoms with Crippen LogP contribution in [0.5, 0.6) is 0 Å². The normalized spacial score (nSPS) is 20.1. The van der Waals surface area contributed by atoms with Gasteiger partial charge in [-0.1, -0.05) is 0 Å². The average molecular weight is 677 g/mol. The Hall–Kier alpha value is -4.21. The predicted molar refractivity (Wildman–Crippen MR) is 170 cm³/mol. The molecule has 2 aliphatic rings. The summed E-state index contributed by atoms with van der Waals surface area (Å²) in [6.07, 6.45) is 1.65. The monoisotopic (exact) mass is 676 g/mol. The van der Waals surface area contributed by atoms with Gasteiger partial charge in [0.1, 0.15) is 18.3 Å². The van der Waals surface area contributed by atoms with Gasteiger partial charge in [-0.05, 0) is 65.5 Å². The highest BCUT2D eigenvalue weighted by atomic mass is 19.3. The Morgan fingerprint density at radius 1 is 0.708 bits per heavy atom. The number of aromatic nitrogens is 8. The number of hydrogen-bond acceptors (Lipinski definition) is 9. The zero-order valence-electron chi connectivity index (χ0n) is 27.4. The number of hydrogen-bond donors (Lipinski definition) is 3. The first-order chi connectivity index (χ1) is 22.7. The second-order valence-electron chi connectivity index (χ2n) is 12.6.